The van der Waals surface area contributed by atoms with Gasteiger partial charge < -0.3 is 10.5 Å². The maximum absolute atomic E-state index is 13.0. The molecule has 4 heteroatoms. The molecule has 0 saturated carbocycles. The maximum atomic E-state index is 13.0. The van der Waals surface area contributed by atoms with Gasteiger partial charge >= 0.3 is 0 Å². The van der Waals surface area contributed by atoms with Gasteiger partial charge in [0.05, 0.1) is 0 Å². The second-order valence-electron chi connectivity index (χ2n) is 4.40. The monoisotopic (exact) mass is 243 g/mol. The van der Waals surface area contributed by atoms with Crippen molar-refractivity contribution in [2.75, 3.05) is 13.7 Å². The van der Waals surface area contributed by atoms with Crippen LogP contribution in [0.25, 0.3) is 0 Å². The van der Waals surface area contributed by atoms with E-state index in [4.69, 9.17) is 10.5 Å². The normalized spacial score (nSPS) is 14.6. The molecule has 96 valence electrons. The predicted molar refractivity (Wildman–Crippen MR) is 63.7 cm³/mol. The lowest BCUT2D eigenvalue weighted by Crippen LogP contribution is -2.31. The molecule has 0 aliphatic rings. The lowest BCUT2D eigenvalue weighted by Gasteiger charge is -2.19. The summed E-state index contributed by atoms with van der Waals surface area (Å²) in [5.74, 6) is -0.866. The second kappa shape index (κ2) is 6.67. The van der Waals surface area contributed by atoms with Crippen molar-refractivity contribution in [3.05, 3.63) is 35.4 Å². The fourth-order valence-electron chi connectivity index (χ4n) is 1.72. The summed E-state index contributed by atoms with van der Waals surface area (Å²) >= 11 is 0. The Balaban J connectivity index is 2.57. The Hall–Kier alpha value is -1.00. The van der Waals surface area contributed by atoms with Crippen LogP contribution in [-0.4, -0.2) is 19.8 Å². The molecule has 0 aliphatic heterocycles. The van der Waals surface area contributed by atoms with E-state index in [1.165, 1.54) is 12.1 Å². The summed E-state index contributed by atoms with van der Waals surface area (Å²) in [7, 11) is 1.64. The number of benzene rings is 1. The number of halogens is 2. The van der Waals surface area contributed by atoms with Crippen molar-refractivity contribution in [1.82, 2.24) is 0 Å². The molecule has 0 aliphatic carbocycles. The van der Waals surface area contributed by atoms with E-state index in [0.29, 0.717) is 18.6 Å². The van der Waals surface area contributed by atoms with E-state index >= 15 is 0 Å². The third kappa shape index (κ3) is 4.79. The molecular weight excluding hydrogens is 224 g/mol. The van der Waals surface area contributed by atoms with Crippen molar-refractivity contribution in [3.8, 4) is 0 Å². The number of nitrogens with two attached hydrogens (primary N) is 1. The van der Waals surface area contributed by atoms with Gasteiger partial charge in [0.25, 0.3) is 0 Å². The van der Waals surface area contributed by atoms with Crippen LogP contribution in [0.15, 0.2) is 18.2 Å². The molecule has 0 bridgehead atoms. The third-order valence-electron chi connectivity index (χ3n) is 2.90. The average Bonchev–Trinajstić information content (AvgIpc) is 2.24. The molecule has 2 atom stereocenters. The summed E-state index contributed by atoms with van der Waals surface area (Å²) in [5.41, 5.74) is 6.59. The van der Waals surface area contributed by atoms with Crippen LogP contribution in [0.4, 0.5) is 8.78 Å². The highest BCUT2D eigenvalue weighted by Crippen LogP contribution is 2.14. The summed E-state index contributed by atoms with van der Waals surface area (Å²) < 4.78 is 30.9. The third-order valence-corrected chi connectivity index (χ3v) is 2.90. The van der Waals surface area contributed by atoms with Gasteiger partial charge in [-0.2, -0.15) is 0 Å². The van der Waals surface area contributed by atoms with E-state index in [2.05, 4.69) is 0 Å². The van der Waals surface area contributed by atoms with E-state index < -0.39 is 11.6 Å². The molecule has 1 rings (SSSR count). The lowest BCUT2D eigenvalue weighted by molar-refractivity contribution is 0.174. The first-order valence-corrected chi connectivity index (χ1v) is 5.72. The van der Waals surface area contributed by atoms with Crippen molar-refractivity contribution in [1.29, 1.82) is 0 Å². The van der Waals surface area contributed by atoms with Gasteiger partial charge in [-0.1, -0.05) is 6.92 Å². The van der Waals surface area contributed by atoms with Gasteiger partial charge in [-0.3, -0.25) is 0 Å². The number of hydrogen-bond acceptors (Lipinski definition) is 2. The smallest absolute Gasteiger partial charge is 0.126 e. The highest BCUT2D eigenvalue weighted by atomic mass is 19.1. The van der Waals surface area contributed by atoms with Crippen LogP contribution in [0, 0.1) is 17.6 Å². The standard InChI is InChI=1S/C13H19F2NO/c1-9(3-4-17-2)13(16)7-10-5-11(14)8-12(15)6-10/h5-6,8-9,13H,3-4,7,16H2,1-2H3. The molecule has 17 heavy (non-hydrogen) atoms. The summed E-state index contributed by atoms with van der Waals surface area (Å²) in [6, 6.07) is 3.40. The van der Waals surface area contributed by atoms with Crippen molar-refractivity contribution in [3.63, 3.8) is 0 Å². The first kappa shape index (κ1) is 14.1. The second-order valence-corrected chi connectivity index (χ2v) is 4.40. The zero-order chi connectivity index (χ0) is 12.8. The van der Waals surface area contributed by atoms with E-state index in [1.807, 2.05) is 6.92 Å². The Kier molecular flexibility index (Phi) is 5.51. The molecule has 0 radical (unpaired) electrons. The molecule has 0 heterocycles. The zero-order valence-corrected chi connectivity index (χ0v) is 10.2. The van der Waals surface area contributed by atoms with E-state index in [1.54, 1.807) is 7.11 Å². The van der Waals surface area contributed by atoms with Gasteiger partial charge in [0.1, 0.15) is 11.6 Å². The molecule has 0 saturated heterocycles. The van der Waals surface area contributed by atoms with E-state index in [9.17, 15) is 8.78 Å². The molecule has 0 spiro atoms. The summed E-state index contributed by atoms with van der Waals surface area (Å²) in [4.78, 5) is 0. The summed E-state index contributed by atoms with van der Waals surface area (Å²) in [6.45, 7) is 2.66. The summed E-state index contributed by atoms with van der Waals surface area (Å²) in [5, 5.41) is 0. The number of ether oxygens (including phenoxy) is 1. The summed E-state index contributed by atoms with van der Waals surface area (Å²) in [6.07, 6.45) is 1.31. The Morgan fingerprint density at radius 2 is 1.82 bits per heavy atom. The van der Waals surface area contributed by atoms with Crippen LogP contribution in [0.2, 0.25) is 0 Å². The fraction of sp³-hybridized carbons (Fsp3) is 0.538. The van der Waals surface area contributed by atoms with Crippen LogP contribution in [0.5, 0.6) is 0 Å². The molecule has 2 N–H and O–H groups in total. The van der Waals surface area contributed by atoms with Crippen LogP contribution < -0.4 is 5.73 Å². The molecule has 1 aromatic rings. The van der Waals surface area contributed by atoms with Gasteiger partial charge in [-0.05, 0) is 36.5 Å². The van der Waals surface area contributed by atoms with Gasteiger partial charge in [-0.15, -0.1) is 0 Å². The Labute approximate surface area is 101 Å². The molecule has 0 aromatic heterocycles. The largest absolute Gasteiger partial charge is 0.385 e. The Bertz CT molecular complexity index is 337. The minimum Gasteiger partial charge on any atom is -0.385 e. The van der Waals surface area contributed by atoms with Gasteiger partial charge in [-0.25, -0.2) is 8.78 Å². The number of rotatable bonds is 6. The van der Waals surface area contributed by atoms with Crippen molar-refractivity contribution in [2.45, 2.75) is 25.8 Å². The fourth-order valence-corrected chi connectivity index (χ4v) is 1.72. The van der Waals surface area contributed by atoms with Crippen molar-refractivity contribution in [2.24, 2.45) is 11.7 Å². The van der Waals surface area contributed by atoms with Crippen molar-refractivity contribution >= 4 is 0 Å². The van der Waals surface area contributed by atoms with E-state index in [0.717, 1.165) is 12.5 Å². The number of hydrogen-bond donors (Lipinski definition) is 1. The minimum absolute atomic E-state index is 0.119. The molecule has 0 fully saturated rings. The van der Waals surface area contributed by atoms with Crippen LogP contribution >= 0.6 is 0 Å². The van der Waals surface area contributed by atoms with Crippen LogP contribution in [-0.2, 0) is 11.2 Å². The minimum atomic E-state index is -0.559. The quantitative estimate of drug-likeness (QED) is 0.833. The zero-order valence-electron chi connectivity index (χ0n) is 10.2. The first-order chi connectivity index (χ1) is 8.02. The predicted octanol–water partition coefficient (Wildman–Crippen LogP) is 2.51. The van der Waals surface area contributed by atoms with Gasteiger partial charge in [0.2, 0.25) is 0 Å². The molecule has 0 amide bonds. The Morgan fingerprint density at radius 3 is 2.35 bits per heavy atom. The first-order valence-electron chi connectivity index (χ1n) is 5.72. The van der Waals surface area contributed by atoms with Gasteiger partial charge in [0.15, 0.2) is 0 Å². The number of methoxy groups -OCH3 is 1. The van der Waals surface area contributed by atoms with Crippen LogP contribution in [0.3, 0.4) is 0 Å². The molecule has 2 unspecified atom stereocenters. The molecule has 2 nitrogen and oxygen atoms in total. The SMILES string of the molecule is COCCC(C)C(N)Cc1cc(F)cc(F)c1. The topological polar surface area (TPSA) is 35.2 Å². The van der Waals surface area contributed by atoms with E-state index in [-0.39, 0.29) is 12.0 Å². The average molecular weight is 243 g/mol. The molecular formula is C13H19F2NO. The highest BCUT2D eigenvalue weighted by molar-refractivity contribution is 5.19. The van der Waals surface area contributed by atoms with Crippen LogP contribution in [0.1, 0.15) is 18.9 Å². The lowest BCUT2D eigenvalue weighted by atomic mass is 9.93. The Morgan fingerprint density at radius 1 is 1.24 bits per heavy atom. The van der Waals surface area contributed by atoms with Crippen molar-refractivity contribution < 1.29 is 13.5 Å². The van der Waals surface area contributed by atoms with Gasteiger partial charge in [0, 0.05) is 25.8 Å². The highest BCUT2D eigenvalue weighted by Gasteiger charge is 2.14. The molecule has 1 aromatic carbocycles. The maximum Gasteiger partial charge on any atom is 0.126 e.